The Bertz CT molecular complexity index is 842. The van der Waals surface area contributed by atoms with E-state index in [-0.39, 0.29) is 11.9 Å². The average molecular weight is 365 g/mol. The lowest BCUT2D eigenvalue weighted by Crippen LogP contribution is -2.31. The molecule has 27 heavy (non-hydrogen) atoms. The fourth-order valence-electron chi connectivity index (χ4n) is 3.60. The molecule has 1 unspecified atom stereocenters. The van der Waals surface area contributed by atoms with Gasteiger partial charge in [0.15, 0.2) is 0 Å². The monoisotopic (exact) mass is 365 g/mol. The molecule has 1 saturated heterocycles. The summed E-state index contributed by atoms with van der Waals surface area (Å²) in [6.07, 6.45) is 7.99. The molecule has 0 spiro atoms. The number of hydrogen-bond donors (Lipinski definition) is 0. The molecule has 4 rings (SSSR count). The van der Waals surface area contributed by atoms with E-state index in [1.807, 2.05) is 16.8 Å². The van der Waals surface area contributed by atoms with Crippen LogP contribution in [-0.2, 0) is 17.8 Å². The third kappa shape index (κ3) is 4.81. The smallest absolute Gasteiger partial charge is 0.123 e. The van der Waals surface area contributed by atoms with Crippen LogP contribution >= 0.6 is 0 Å². The maximum Gasteiger partial charge on any atom is 0.123 e. The van der Waals surface area contributed by atoms with Crippen molar-refractivity contribution in [2.24, 2.45) is 0 Å². The first-order chi connectivity index (χ1) is 13.3. The minimum absolute atomic E-state index is 0.186. The van der Waals surface area contributed by atoms with E-state index in [2.05, 4.69) is 34.1 Å². The highest BCUT2D eigenvalue weighted by molar-refractivity contribution is 5.34. The quantitative estimate of drug-likeness (QED) is 0.629. The molecule has 4 nitrogen and oxygen atoms in total. The van der Waals surface area contributed by atoms with Crippen molar-refractivity contribution in [3.63, 3.8) is 0 Å². The van der Waals surface area contributed by atoms with Gasteiger partial charge < -0.3 is 9.30 Å². The van der Waals surface area contributed by atoms with Gasteiger partial charge in [-0.3, -0.25) is 4.90 Å². The van der Waals surface area contributed by atoms with Gasteiger partial charge in [-0.15, -0.1) is 0 Å². The van der Waals surface area contributed by atoms with Crippen molar-refractivity contribution in [1.29, 1.82) is 0 Å². The molecule has 2 heterocycles. The highest BCUT2D eigenvalue weighted by atomic mass is 19.1. The van der Waals surface area contributed by atoms with Gasteiger partial charge in [0.1, 0.15) is 5.82 Å². The van der Waals surface area contributed by atoms with Crippen molar-refractivity contribution in [3.8, 4) is 5.69 Å². The van der Waals surface area contributed by atoms with Crippen LogP contribution in [0.2, 0.25) is 0 Å². The van der Waals surface area contributed by atoms with Gasteiger partial charge >= 0.3 is 0 Å². The Morgan fingerprint density at radius 2 is 1.96 bits per heavy atom. The van der Waals surface area contributed by atoms with Gasteiger partial charge in [-0.1, -0.05) is 24.3 Å². The lowest BCUT2D eigenvalue weighted by molar-refractivity contribution is 0.0679. The molecule has 140 valence electrons. The molecule has 2 aromatic carbocycles. The Balaban J connectivity index is 1.47. The molecule has 0 aliphatic carbocycles. The summed E-state index contributed by atoms with van der Waals surface area (Å²) in [5.74, 6) is -0.186. The Kier molecular flexibility index (Phi) is 5.61. The number of aromatic nitrogens is 2. The van der Waals surface area contributed by atoms with Gasteiger partial charge in [0.05, 0.1) is 12.4 Å². The van der Waals surface area contributed by atoms with Crippen LogP contribution in [0.5, 0.6) is 0 Å². The van der Waals surface area contributed by atoms with Crippen LogP contribution in [0.15, 0.2) is 67.3 Å². The van der Waals surface area contributed by atoms with Crippen LogP contribution < -0.4 is 0 Å². The summed E-state index contributed by atoms with van der Waals surface area (Å²) < 4.78 is 21.4. The summed E-state index contributed by atoms with van der Waals surface area (Å²) in [4.78, 5) is 6.44. The van der Waals surface area contributed by atoms with E-state index in [4.69, 9.17) is 4.74 Å². The second-order valence-corrected chi connectivity index (χ2v) is 7.07. The number of benzene rings is 2. The van der Waals surface area contributed by atoms with Crippen LogP contribution in [0.4, 0.5) is 4.39 Å². The van der Waals surface area contributed by atoms with Gasteiger partial charge in [0.25, 0.3) is 0 Å². The fourth-order valence-corrected chi connectivity index (χ4v) is 3.60. The molecule has 0 amide bonds. The third-order valence-corrected chi connectivity index (χ3v) is 4.93. The van der Waals surface area contributed by atoms with Gasteiger partial charge in [-0.25, -0.2) is 9.37 Å². The van der Waals surface area contributed by atoms with Gasteiger partial charge in [-0.05, 0) is 48.2 Å². The van der Waals surface area contributed by atoms with E-state index < -0.39 is 0 Å². The molecule has 1 aromatic heterocycles. The summed E-state index contributed by atoms with van der Waals surface area (Å²) >= 11 is 0. The molecule has 3 aromatic rings. The normalized spacial score (nSPS) is 16.9. The molecular formula is C22H24FN3O. The third-order valence-electron chi connectivity index (χ3n) is 4.93. The highest BCUT2D eigenvalue weighted by Gasteiger charge is 2.19. The number of rotatable bonds is 7. The van der Waals surface area contributed by atoms with Crippen molar-refractivity contribution < 1.29 is 9.13 Å². The zero-order chi connectivity index (χ0) is 18.5. The molecule has 1 fully saturated rings. The molecule has 1 aliphatic rings. The fraction of sp³-hybridized carbons (Fsp3) is 0.318. The number of halogens is 1. The summed E-state index contributed by atoms with van der Waals surface area (Å²) in [5, 5.41) is 0. The molecular weight excluding hydrogens is 341 g/mol. The SMILES string of the molecule is Fc1cccc(CN(Cc2ccc(-n3ccnc3)cc2)CC2CCCO2)c1. The van der Waals surface area contributed by atoms with Gasteiger partial charge in [0, 0.05) is 44.3 Å². The summed E-state index contributed by atoms with van der Waals surface area (Å²) in [6, 6.07) is 15.3. The van der Waals surface area contributed by atoms with E-state index in [1.165, 1.54) is 11.6 Å². The molecule has 0 N–H and O–H groups in total. The molecule has 0 bridgehead atoms. The maximum absolute atomic E-state index is 13.6. The van der Waals surface area contributed by atoms with Crippen molar-refractivity contribution >= 4 is 0 Å². The van der Waals surface area contributed by atoms with Crippen molar-refractivity contribution in [1.82, 2.24) is 14.5 Å². The highest BCUT2D eigenvalue weighted by Crippen LogP contribution is 2.18. The first-order valence-electron chi connectivity index (χ1n) is 9.42. The predicted octanol–water partition coefficient (Wildman–Crippen LogP) is 4.19. The molecule has 0 saturated carbocycles. The lowest BCUT2D eigenvalue weighted by atomic mass is 10.1. The van der Waals surface area contributed by atoms with E-state index in [0.717, 1.165) is 43.8 Å². The Hall–Kier alpha value is -2.50. The minimum atomic E-state index is -0.186. The van der Waals surface area contributed by atoms with E-state index >= 15 is 0 Å². The van der Waals surface area contributed by atoms with Gasteiger partial charge in [0.2, 0.25) is 0 Å². The molecule has 0 radical (unpaired) electrons. The standard InChI is InChI=1S/C22H24FN3O/c23-20-4-1-3-19(13-20)15-25(16-22-5-2-12-27-22)14-18-6-8-21(9-7-18)26-11-10-24-17-26/h1,3-4,6-11,13,17,22H,2,5,12,14-16H2. The van der Waals surface area contributed by atoms with Crippen LogP contribution in [-0.4, -0.2) is 33.7 Å². The minimum Gasteiger partial charge on any atom is -0.377 e. The van der Waals surface area contributed by atoms with Gasteiger partial charge in [-0.2, -0.15) is 0 Å². The number of imidazole rings is 1. The largest absolute Gasteiger partial charge is 0.377 e. The lowest BCUT2D eigenvalue weighted by Gasteiger charge is -2.25. The van der Waals surface area contributed by atoms with E-state index in [0.29, 0.717) is 6.54 Å². The first kappa shape index (κ1) is 17.9. The molecule has 1 aliphatic heterocycles. The van der Waals surface area contributed by atoms with E-state index in [1.54, 1.807) is 24.7 Å². The molecule has 1 atom stereocenters. The van der Waals surface area contributed by atoms with Crippen LogP contribution in [0.3, 0.4) is 0 Å². The van der Waals surface area contributed by atoms with Crippen molar-refractivity contribution in [3.05, 3.63) is 84.2 Å². The number of nitrogens with zero attached hydrogens (tertiary/aromatic N) is 3. The summed E-state index contributed by atoms with van der Waals surface area (Å²) in [7, 11) is 0. The topological polar surface area (TPSA) is 30.3 Å². The maximum atomic E-state index is 13.6. The number of hydrogen-bond acceptors (Lipinski definition) is 3. The van der Waals surface area contributed by atoms with Crippen LogP contribution in [0, 0.1) is 5.82 Å². The zero-order valence-corrected chi connectivity index (χ0v) is 15.3. The summed E-state index contributed by atoms with van der Waals surface area (Å²) in [5.41, 5.74) is 3.31. The van der Waals surface area contributed by atoms with Crippen molar-refractivity contribution in [2.45, 2.75) is 32.0 Å². The Morgan fingerprint density at radius 3 is 2.67 bits per heavy atom. The average Bonchev–Trinajstić information content (AvgIpc) is 3.36. The van der Waals surface area contributed by atoms with Crippen molar-refractivity contribution in [2.75, 3.05) is 13.2 Å². The number of ether oxygens (including phenoxy) is 1. The first-order valence-corrected chi connectivity index (χ1v) is 9.42. The Labute approximate surface area is 159 Å². The second kappa shape index (κ2) is 8.46. The zero-order valence-electron chi connectivity index (χ0n) is 15.3. The summed E-state index contributed by atoms with van der Waals surface area (Å²) in [6.45, 7) is 3.22. The Morgan fingerprint density at radius 1 is 1.11 bits per heavy atom. The second-order valence-electron chi connectivity index (χ2n) is 7.07. The van der Waals surface area contributed by atoms with Crippen LogP contribution in [0.25, 0.3) is 5.69 Å². The predicted molar refractivity (Wildman–Crippen MR) is 103 cm³/mol. The van der Waals surface area contributed by atoms with E-state index in [9.17, 15) is 4.39 Å². The molecule has 5 heteroatoms. The van der Waals surface area contributed by atoms with Crippen LogP contribution in [0.1, 0.15) is 24.0 Å².